The maximum atomic E-state index is 12.6. The van der Waals surface area contributed by atoms with Crippen molar-refractivity contribution in [2.45, 2.75) is 4.90 Å². The van der Waals surface area contributed by atoms with Gasteiger partial charge in [-0.2, -0.15) is 0 Å². The minimum absolute atomic E-state index is 0.177. The van der Waals surface area contributed by atoms with Crippen LogP contribution < -0.4 is 4.72 Å². The van der Waals surface area contributed by atoms with Crippen LogP contribution in [0.1, 0.15) is 5.56 Å². The summed E-state index contributed by atoms with van der Waals surface area (Å²) in [7, 11) is -2.29. The molecule has 0 bridgehead atoms. The molecule has 7 heteroatoms. The van der Waals surface area contributed by atoms with E-state index in [0.29, 0.717) is 22.6 Å². The molecule has 0 aliphatic carbocycles. The molecule has 0 fully saturated rings. The highest BCUT2D eigenvalue weighted by molar-refractivity contribution is 7.92. The van der Waals surface area contributed by atoms with Gasteiger partial charge in [0.2, 0.25) is 0 Å². The Morgan fingerprint density at radius 2 is 1.88 bits per heavy atom. The Morgan fingerprint density at radius 3 is 2.56 bits per heavy atom. The molecule has 1 heterocycles. The molecule has 128 valence electrons. The first-order valence-electron chi connectivity index (χ1n) is 7.42. The first kappa shape index (κ1) is 16.8. The summed E-state index contributed by atoms with van der Waals surface area (Å²) in [6, 6.07) is 16.9. The summed E-state index contributed by atoms with van der Waals surface area (Å²) in [5.74, 6) is 0.556. The van der Waals surface area contributed by atoms with Gasteiger partial charge in [-0.3, -0.25) is 4.72 Å². The van der Waals surface area contributed by atoms with Crippen molar-refractivity contribution in [3.05, 3.63) is 72.5 Å². The first-order chi connectivity index (χ1) is 12.1. The molecule has 6 nitrogen and oxygen atoms in total. The average Bonchev–Trinajstić information content (AvgIpc) is 3.15. The van der Waals surface area contributed by atoms with E-state index in [1.807, 2.05) is 0 Å². The van der Waals surface area contributed by atoms with Crippen LogP contribution in [0.15, 0.2) is 81.4 Å². The van der Waals surface area contributed by atoms with E-state index in [0.717, 1.165) is 0 Å². The molecule has 0 aliphatic heterocycles. The Labute approximate surface area is 145 Å². The third-order valence-corrected chi connectivity index (χ3v) is 4.82. The average molecular weight is 356 g/mol. The lowest BCUT2D eigenvalue weighted by Crippen LogP contribution is -2.13. The van der Waals surface area contributed by atoms with E-state index in [4.69, 9.17) is 4.42 Å². The van der Waals surface area contributed by atoms with Crippen LogP contribution in [-0.4, -0.2) is 21.7 Å². The van der Waals surface area contributed by atoms with Crippen molar-refractivity contribution in [2.24, 2.45) is 5.16 Å². The molecule has 3 rings (SSSR count). The molecule has 0 spiro atoms. The molecule has 25 heavy (non-hydrogen) atoms. The van der Waals surface area contributed by atoms with Crippen molar-refractivity contribution in [3.63, 3.8) is 0 Å². The van der Waals surface area contributed by atoms with Crippen molar-refractivity contribution in [3.8, 4) is 11.3 Å². The normalized spacial score (nSPS) is 11.6. The predicted molar refractivity (Wildman–Crippen MR) is 96.0 cm³/mol. The number of sulfonamides is 1. The van der Waals surface area contributed by atoms with Gasteiger partial charge in [-0.25, -0.2) is 8.42 Å². The van der Waals surface area contributed by atoms with Gasteiger partial charge in [-0.15, -0.1) is 0 Å². The number of rotatable bonds is 6. The molecule has 0 saturated heterocycles. The summed E-state index contributed by atoms with van der Waals surface area (Å²) < 4.78 is 33.3. The SMILES string of the molecule is CON=Cc1ccc(-c2ccco2)c(NS(=O)(=O)c2ccccc2)c1. The maximum absolute atomic E-state index is 12.6. The molecule has 0 unspecified atom stereocenters. The molecule has 0 aliphatic rings. The van der Waals surface area contributed by atoms with Crippen LogP contribution in [0.2, 0.25) is 0 Å². The summed E-state index contributed by atoms with van der Waals surface area (Å²) in [6.45, 7) is 0. The third kappa shape index (κ3) is 3.89. The van der Waals surface area contributed by atoms with Gasteiger partial charge in [0.05, 0.1) is 23.1 Å². The zero-order chi connectivity index (χ0) is 17.7. The number of nitrogens with zero attached hydrogens (tertiary/aromatic N) is 1. The van der Waals surface area contributed by atoms with Crippen LogP contribution in [0.3, 0.4) is 0 Å². The van der Waals surface area contributed by atoms with Crippen molar-refractivity contribution in [2.75, 3.05) is 11.8 Å². The van der Waals surface area contributed by atoms with E-state index >= 15 is 0 Å². The molecular weight excluding hydrogens is 340 g/mol. The van der Waals surface area contributed by atoms with E-state index in [-0.39, 0.29) is 4.90 Å². The van der Waals surface area contributed by atoms with Crippen LogP contribution in [0, 0.1) is 0 Å². The number of hydrogen-bond acceptors (Lipinski definition) is 5. The lowest BCUT2D eigenvalue weighted by molar-refractivity contribution is 0.215. The van der Waals surface area contributed by atoms with Gasteiger partial charge >= 0.3 is 0 Å². The maximum Gasteiger partial charge on any atom is 0.261 e. The fourth-order valence-electron chi connectivity index (χ4n) is 2.29. The number of benzene rings is 2. The summed E-state index contributed by atoms with van der Waals surface area (Å²) in [6.07, 6.45) is 3.03. The molecule has 0 saturated carbocycles. The van der Waals surface area contributed by atoms with Gasteiger partial charge in [0, 0.05) is 5.56 Å². The highest BCUT2D eigenvalue weighted by Crippen LogP contribution is 2.31. The minimum atomic E-state index is -3.73. The zero-order valence-corrected chi connectivity index (χ0v) is 14.2. The van der Waals surface area contributed by atoms with Crippen LogP contribution >= 0.6 is 0 Å². The van der Waals surface area contributed by atoms with Gasteiger partial charge in [0.15, 0.2) is 0 Å². The Kier molecular flexibility index (Phi) is 4.85. The van der Waals surface area contributed by atoms with Crippen LogP contribution in [-0.2, 0) is 14.9 Å². The van der Waals surface area contributed by atoms with E-state index in [1.54, 1.807) is 48.5 Å². The summed E-state index contributed by atoms with van der Waals surface area (Å²) in [5.41, 5.74) is 1.70. The molecule has 1 N–H and O–H groups in total. The number of furan rings is 1. The van der Waals surface area contributed by atoms with Gasteiger partial charge < -0.3 is 9.25 Å². The summed E-state index contributed by atoms with van der Waals surface area (Å²) >= 11 is 0. The van der Waals surface area contributed by atoms with E-state index in [2.05, 4.69) is 14.7 Å². The van der Waals surface area contributed by atoms with Gasteiger partial charge in [-0.1, -0.05) is 29.4 Å². The van der Waals surface area contributed by atoms with Crippen molar-refractivity contribution in [1.29, 1.82) is 0 Å². The molecular formula is C18H16N2O4S. The Hall–Kier alpha value is -3.06. The van der Waals surface area contributed by atoms with Gasteiger partial charge in [0.1, 0.15) is 12.9 Å². The molecule has 0 amide bonds. The summed E-state index contributed by atoms with van der Waals surface area (Å²) in [5, 5.41) is 3.70. The fourth-order valence-corrected chi connectivity index (χ4v) is 3.38. The molecule has 2 aromatic carbocycles. The van der Waals surface area contributed by atoms with Crippen LogP contribution in [0.25, 0.3) is 11.3 Å². The van der Waals surface area contributed by atoms with Crippen molar-refractivity contribution < 1.29 is 17.7 Å². The van der Waals surface area contributed by atoms with E-state index in [1.165, 1.54) is 31.7 Å². The fraction of sp³-hybridized carbons (Fsp3) is 0.0556. The molecule has 3 aromatic rings. The second kappa shape index (κ2) is 7.23. The minimum Gasteiger partial charge on any atom is -0.464 e. The number of hydrogen-bond donors (Lipinski definition) is 1. The highest BCUT2D eigenvalue weighted by atomic mass is 32.2. The van der Waals surface area contributed by atoms with E-state index < -0.39 is 10.0 Å². The molecule has 0 atom stereocenters. The Balaban J connectivity index is 2.04. The van der Waals surface area contributed by atoms with Gasteiger partial charge in [0.25, 0.3) is 10.0 Å². The zero-order valence-electron chi connectivity index (χ0n) is 13.4. The second-order valence-electron chi connectivity index (χ2n) is 5.12. The second-order valence-corrected chi connectivity index (χ2v) is 6.80. The smallest absolute Gasteiger partial charge is 0.261 e. The third-order valence-electron chi connectivity index (χ3n) is 3.44. The highest BCUT2D eigenvalue weighted by Gasteiger charge is 2.17. The van der Waals surface area contributed by atoms with Crippen molar-refractivity contribution in [1.82, 2.24) is 0 Å². The van der Waals surface area contributed by atoms with Crippen LogP contribution in [0.4, 0.5) is 5.69 Å². The summed E-state index contributed by atoms with van der Waals surface area (Å²) in [4.78, 5) is 4.85. The first-order valence-corrected chi connectivity index (χ1v) is 8.91. The van der Waals surface area contributed by atoms with Crippen molar-refractivity contribution >= 4 is 21.9 Å². The largest absolute Gasteiger partial charge is 0.464 e. The van der Waals surface area contributed by atoms with E-state index in [9.17, 15) is 8.42 Å². The standard InChI is InChI=1S/C18H16N2O4S/c1-23-19-13-14-9-10-16(18-8-5-11-24-18)17(12-14)20-25(21,22)15-6-3-2-4-7-15/h2-13,20H,1H3. The lowest BCUT2D eigenvalue weighted by Gasteiger charge is -2.12. The Bertz CT molecular complexity index is 966. The monoisotopic (exact) mass is 356 g/mol. The predicted octanol–water partition coefficient (Wildman–Crippen LogP) is 3.73. The van der Waals surface area contributed by atoms with Crippen LogP contribution in [0.5, 0.6) is 0 Å². The lowest BCUT2D eigenvalue weighted by atomic mass is 10.1. The number of anilines is 1. The molecule has 0 radical (unpaired) electrons. The number of nitrogens with one attached hydrogen (secondary N) is 1. The number of oxime groups is 1. The molecule has 1 aromatic heterocycles. The quantitative estimate of drug-likeness (QED) is 0.539. The topological polar surface area (TPSA) is 80.9 Å². The Morgan fingerprint density at radius 1 is 1.08 bits per heavy atom. The van der Waals surface area contributed by atoms with Gasteiger partial charge in [-0.05, 0) is 42.0 Å².